The van der Waals surface area contributed by atoms with E-state index >= 15 is 0 Å². The molecule has 0 aliphatic heterocycles. The molecule has 0 aromatic heterocycles. The minimum Gasteiger partial charge on any atom is -0.359 e. The first kappa shape index (κ1) is 14.7. The molecule has 0 unspecified atom stereocenters. The van der Waals surface area contributed by atoms with Gasteiger partial charge in [-0.05, 0) is 6.92 Å². The van der Waals surface area contributed by atoms with E-state index in [4.69, 9.17) is 0 Å². The molecule has 0 saturated carbocycles. The van der Waals surface area contributed by atoms with Crippen molar-refractivity contribution >= 4 is 0 Å². The number of hydrogen-bond acceptors (Lipinski definition) is 2. The third-order valence-corrected chi connectivity index (χ3v) is 1.18. The lowest BCUT2D eigenvalue weighted by Gasteiger charge is -1.87. The minimum absolute atomic E-state index is 0. The number of hydrogen-bond donors (Lipinski definition) is 0. The van der Waals surface area contributed by atoms with Crippen molar-refractivity contribution in [3.05, 3.63) is 35.9 Å². The molecular weight excluding hydrogens is 164 g/mol. The zero-order chi connectivity index (χ0) is 9.23. The Labute approximate surface area is 81.5 Å². The molecule has 13 heavy (non-hydrogen) atoms. The van der Waals surface area contributed by atoms with Crippen LogP contribution in [0.15, 0.2) is 30.3 Å². The molecule has 0 aliphatic carbocycles. The molecule has 0 saturated heterocycles. The normalized spacial score (nSPS) is 7.92. The molecule has 0 heterocycles. The van der Waals surface area contributed by atoms with Gasteiger partial charge in [0, 0.05) is 14.2 Å². The molecular formula is C11H20O2. The molecule has 1 aromatic carbocycles. The lowest BCUT2D eigenvalue weighted by molar-refractivity contribution is -0.00271. The van der Waals surface area contributed by atoms with Gasteiger partial charge in [0.05, 0.1) is 0 Å². The maximum absolute atomic E-state index is 4.47. The Morgan fingerprint density at radius 1 is 1.00 bits per heavy atom. The number of ether oxygens (including phenoxy) is 2. The summed E-state index contributed by atoms with van der Waals surface area (Å²) in [4.78, 5) is 0. The molecule has 0 spiro atoms. The van der Waals surface area contributed by atoms with Gasteiger partial charge in [0.2, 0.25) is 0 Å². The van der Waals surface area contributed by atoms with Crippen LogP contribution in [0.5, 0.6) is 0 Å². The molecule has 2 nitrogen and oxygen atoms in total. The topological polar surface area (TPSA) is 18.5 Å². The molecule has 76 valence electrons. The summed E-state index contributed by atoms with van der Waals surface area (Å²) in [5.74, 6) is 0. The molecule has 0 amide bonds. The number of aryl methyl sites for hydroxylation is 1. The van der Waals surface area contributed by atoms with E-state index in [9.17, 15) is 0 Å². The molecule has 1 rings (SSSR count). The second-order valence-electron chi connectivity index (χ2n) is 2.35. The van der Waals surface area contributed by atoms with E-state index in [1.165, 1.54) is 5.56 Å². The van der Waals surface area contributed by atoms with E-state index in [0.717, 1.165) is 0 Å². The molecule has 0 atom stereocenters. The minimum atomic E-state index is 0. The van der Waals surface area contributed by atoms with Crippen LogP contribution in [0, 0.1) is 6.92 Å². The fraction of sp³-hybridized carbons (Fsp3) is 0.455. The second-order valence-corrected chi connectivity index (χ2v) is 2.35. The summed E-state index contributed by atoms with van der Waals surface area (Å²) in [6.45, 7) is 2.47. The SMILES string of the molecule is C.COCOC.Cc1ccccc1. The predicted molar refractivity (Wildman–Crippen MR) is 56.8 cm³/mol. The van der Waals surface area contributed by atoms with Crippen molar-refractivity contribution in [3.8, 4) is 0 Å². The summed E-state index contributed by atoms with van der Waals surface area (Å²) >= 11 is 0. The number of rotatable bonds is 2. The standard InChI is InChI=1S/C7H8.C3H8O2.CH4/c1-7-5-3-2-4-6-7;1-4-3-5-2;/h2-6H,1H3;3H2,1-2H3;1H4. The fourth-order valence-electron chi connectivity index (χ4n) is 0.652. The number of benzene rings is 1. The second kappa shape index (κ2) is 11.1. The van der Waals surface area contributed by atoms with Gasteiger partial charge in [-0.1, -0.05) is 43.3 Å². The third kappa shape index (κ3) is 11.1. The Morgan fingerprint density at radius 3 is 1.62 bits per heavy atom. The van der Waals surface area contributed by atoms with Crippen LogP contribution in [0.2, 0.25) is 0 Å². The Bertz CT molecular complexity index is 171. The van der Waals surface area contributed by atoms with Gasteiger partial charge in [0.25, 0.3) is 0 Å². The smallest absolute Gasteiger partial charge is 0.145 e. The van der Waals surface area contributed by atoms with E-state index in [1.807, 2.05) is 18.2 Å². The monoisotopic (exact) mass is 184 g/mol. The highest BCUT2D eigenvalue weighted by molar-refractivity contribution is 5.11. The van der Waals surface area contributed by atoms with Crippen molar-refractivity contribution in [2.24, 2.45) is 0 Å². The van der Waals surface area contributed by atoms with Gasteiger partial charge in [0.1, 0.15) is 6.79 Å². The van der Waals surface area contributed by atoms with Crippen molar-refractivity contribution in [1.29, 1.82) is 0 Å². The van der Waals surface area contributed by atoms with Crippen LogP contribution < -0.4 is 0 Å². The molecule has 0 bridgehead atoms. The Morgan fingerprint density at radius 2 is 1.46 bits per heavy atom. The Balaban J connectivity index is 0. The first-order valence-corrected chi connectivity index (χ1v) is 3.80. The molecule has 0 N–H and O–H groups in total. The van der Waals surface area contributed by atoms with Crippen LogP contribution in [0.4, 0.5) is 0 Å². The van der Waals surface area contributed by atoms with Crippen molar-refractivity contribution in [2.45, 2.75) is 14.4 Å². The zero-order valence-electron chi connectivity index (χ0n) is 7.91. The Hall–Kier alpha value is -0.860. The molecule has 2 heteroatoms. The molecule has 0 aliphatic rings. The quantitative estimate of drug-likeness (QED) is 0.658. The first-order chi connectivity index (χ1) is 5.81. The summed E-state index contributed by atoms with van der Waals surface area (Å²) < 4.78 is 8.94. The summed E-state index contributed by atoms with van der Waals surface area (Å²) in [7, 11) is 3.17. The van der Waals surface area contributed by atoms with Crippen molar-refractivity contribution in [1.82, 2.24) is 0 Å². The van der Waals surface area contributed by atoms with E-state index in [2.05, 4.69) is 28.5 Å². The van der Waals surface area contributed by atoms with Gasteiger partial charge in [0.15, 0.2) is 0 Å². The summed E-state index contributed by atoms with van der Waals surface area (Å²) in [5.41, 5.74) is 1.32. The Kier molecular flexibility index (Phi) is 12.6. The average Bonchev–Trinajstić information content (AvgIpc) is 2.08. The van der Waals surface area contributed by atoms with Gasteiger partial charge in [-0.2, -0.15) is 0 Å². The predicted octanol–water partition coefficient (Wildman–Crippen LogP) is 2.87. The van der Waals surface area contributed by atoms with Gasteiger partial charge in [-0.15, -0.1) is 0 Å². The maximum atomic E-state index is 4.47. The van der Waals surface area contributed by atoms with Crippen molar-refractivity contribution < 1.29 is 9.47 Å². The number of methoxy groups -OCH3 is 2. The molecule has 0 radical (unpaired) electrons. The summed E-state index contributed by atoms with van der Waals surface area (Å²) in [5, 5.41) is 0. The zero-order valence-corrected chi connectivity index (χ0v) is 7.91. The van der Waals surface area contributed by atoms with Gasteiger partial charge in [-0.25, -0.2) is 0 Å². The first-order valence-electron chi connectivity index (χ1n) is 3.80. The summed E-state index contributed by atoms with van der Waals surface area (Å²) in [6.07, 6.45) is 0. The van der Waals surface area contributed by atoms with Crippen LogP contribution in [-0.4, -0.2) is 21.0 Å². The molecule has 1 aromatic rings. The van der Waals surface area contributed by atoms with Crippen LogP contribution >= 0.6 is 0 Å². The van der Waals surface area contributed by atoms with Gasteiger partial charge in [-0.3, -0.25) is 0 Å². The van der Waals surface area contributed by atoms with Crippen LogP contribution in [-0.2, 0) is 9.47 Å². The van der Waals surface area contributed by atoms with Crippen LogP contribution in [0.25, 0.3) is 0 Å². The third-order valence-electron chi connectivity index (χ3n) is 1.18. The molecule has 0 fully saturated rings. The van der Waals surface area contributed by atoms with E-state index in [-0.39, 0.29) is 7.43 Å². The van der Waals surface area contributed by atoms with Gasteiger partial charge >= 0.3 is 0 Å². The van der Waals surface area contributed by atoms with E-state index in [1.54, 1.807) is 14.2 Å². The summed E-state index contributed by atoms with van der Waals surface area (Å²) in [6, 6.07) is 10.3. The maximum Gasteiger partial charge on any atom is 0.145 e. The van der Waals surface area contributed by atoms with E-state index in [0.29, 0.717) is 6.79 Å². The highest BCUT2D eigenvalue weighted by atomic mass is 16.6. The van der Waals surface area contributed by atoms with Gasteiger partial charge < -0.3 is 9.47 Å². The average molecular weight is 184 g/mol. The largest absolute Gasteiger partial charge is 0.359 e. The highest BCUT2D eigenvalue weighted by Crippen LogP contribution is 1.92. The van der Waals surface area contributed by atoms with E-state index < -0.39 is 0 Å². The lowest BCUT2D eigenvalue weighted by Crippen LogP contribution is -1.87. The fourth-order valence-corrected chi connectivity index (χ4v) is 0.652. The lowest BCUT2D eigenvalue weighted by atomic mass is 10.2. The highest BCUT2D eigenvalue weighted by Gasteiger charge is 1.72. The van der Waals surface area contributed by atoms with Crippen molar-refractivity contribution in [3.63, 3.8) is 0 Å². The van der Waals surface area contributed by atoms with Crippen molar-refractivity contribution in [2.75, 3.05) is 21.0 Å². The van der Waals surface area contributed by atoms with Crippen LogP contribution in [0.1, 0.15) is 13.0 Å². The van der Waals surface area contributed by atoms with Crippen LogP contribution in [0.3, 0.4) is 0 Å².